The molecule has 2 heterocycles. The van der Waals surface area contributed by atoms with E-state index >= 15 is 0 Å². The second-order valence-corrected chi connectivity index (χ2v) is 7.47. The largest absolute Gasteiger partial charge is 0.493 e. The quantitative estimate of drug-likeness (QED) is 0.449. The van der Waals surface area contributed by atoms with Gasteiger partial charge in [0.2, 0.25) is 5.95 Å². The summed E-state index contributed by atoms with van der Waals surface area (Å²) < 4.78 is 13.1. The molecule has 160 valence electrons. The normalized spacial score (nSPS) is 14.8. The van der Waals surface area contributed by atoms with E-state index in [1.54, 1.807) is 13.4 Å². The van der Waals surface area contributed by atoms with Crippen molar-refractivity contribution >= 4 is 11.6 Å². The third-order valence-electron chi connectivity index (χ3n) is 5.54. The van der Waals surface area contributed by atoms with Crippen molar-refractivity contribution in [2.24, 2.45) is 0 Å². The van der Waals surface area contributed by atoms with E-state index in [9.17, 15) is 0 Å². The van der Waals surface area contributed by atoms with Crippen molar-refractivity contribution in [3.63, 3.8) is 0 Å². The van der Waals surface area contributed by atoms with E-state index in [-0.39, 0.29) is 6.04 Å². The molecule has 32 heavy (non-hydrogen) atoms. The van der Waals surface area contributed by atoms with Gasteiger partial charge in [0.05, 0.1) is 13.7 Å². The van der Waals surface area contributed by atoms with Crippen LogP contribution in [-0.2, 0) is 0 Å². The average molecular weight is 425 g/mol. The maximum atomic E-state index is 5.68. The van der Waals surface area contributed by atoms with E-state index < -0.39 is 0 Å². The zero-order chi connectivity index (χ0) is 21.9. The van der Waals surface area contributed by atoms with Crippen LogP contribution in [0, 0.1) is 0 Å². The van der Waals surface area contributed by atoms with Gasteiger partial charge in [-0.25, -0.2) is 4.68 Å². The minimum Gasteiger partial charge on any atom is -0.493 e. The Labute approximate surface area is 187 Å². The Morgan fingerprint density at radius 2 is 1.66 bits per heavy atom. The van der Waals surface area contributed by atoms with Crippen LogP contribution in [0.15, 0.2) is 85.2 Å². The lowest BCUT2D eigenvalue weighted by Crippen LogP contribution is -2.20. The molecule has 0 bridgehead atoms. The summed E-state index contributed by atoms with van der Waals surface area (Å²) in [6.45, 7) is 2.54. The van der Waals surface area contributed by atoms with Gasteiger partial charge >= 0.3 is 0 Å². The molecule has 4 aromatic rings. The molecule has 6 heteroatoms. The molecule has 1 atom stereocenters. The van der Waals surface area contributed by atoms with E-state index in [4.69, 9.17) is 9.47 Å². The van der Waals surface area contributed by atoms with Crippen LogP contribution in [0.25, 0.3) is 16.8 Å². The Hall–Kier alpha value is -4.06. The molecule has 0 spiro atoms. The Balaban J connectivity index is 1.51. The summed E-state index contributed by atoms with van der Waals surface area (Å²) in [4.78, 5) is 4.41. The van der Waals surface area contributed by atoms with Crippen molar-refractivity contribution in [1.29, 1.82) is 0 Å². The summed E-state index contributed by atoms with van der Waals surface area (Å²) in [5, 5.41) is 7.84. The predicted molar refractivity (Wildman–Crippen MR) is 126 cm³/mol. The highest BCUT2D eigenvalue weighted by Crippen LogP contribution is 2.36. The third-order valence-corrected chi connectivity index (χ3v) is 5.54. The molecule has 3 aromatic carbocycles. The van der Waals surface area contributed by atoms with E-state index in [1.807, 2.05) is 35.9 Å². The zero-order valence-corrected chi connectivity index (χ0v) is 18.0. The topological polar surface area (TPSA) is 61.2 Å². The Morgan fingerprint density at radius 3 is 2.41 bits per heavy atom. The number of rotatable bonds is 6. The predicted octanol–water partition coefficient (Wildman–Crippen LogP) is 5.41. The van der Waals surface area contributed by atoms with Gasteiger partial charge < -0.3 is 14.8 Å². The van der Waals surface area contributed by atoms with Crippen LogP contribution >= 0.6 is 0 Å². The van der Waals surface area contributed by atoms with Crippen LogP contribution in [-0.4, -0.2) is 28.5 Å². The fourth-order valence-electron chi connectivity index (χ4n) is 3.96. The van der Waals surface area contributed by atoms with Crippen molar-refractivity contribution < 1.29 is 9.47 Å². The molecule has 1 N–H and O–H groups in total. The highest BCUT2D eigenvalue weighted by Gasteiger charge is 2.24. The minimum atomic E-state index is -0.123. The third kappa shape index (κ3) is 3.71. The highest BCUT2D eigenvalue weighted by atomic mass is 16.5. The van der Waals surface area contributed by atoms with Gasteiger partial charge in [-0.05, 0) is 47.4 Å². The number of hydrogen-bond acceptors (Lipinski definition) is 5. The molecule has 5 rings (SSSR count). The van der Waals surface area contributed by atoms with E-state index in [0.717, 1.165) is 22.6 Å². The maximum absolute atomic E-state index is 5.68. The summed E-state index contributed by atoms with van der Waals surface area (Å²) in [5.74, 6) is 2.13. The van der Waals surface area contributed by atoms with E-state index in [2.05, 4.69) is 70.0 Å². The number of benzene rings is 3. The number of hydrogen-bond donors (Lipinski definition) is 1. The molecule has 1 unspecified atom stereocenters. The second kappa shape index (κ2) is 8.59. The van der Waals surface area contributed by atoms with Gasteiger partial charge in [0, 0.05) is 5.70 Å². The second-order valence-electron chi connectivity index (χ2n) is 7.47. The number of fused-ring (bicyclic) bond motifs is 1. The monoisotopic (exact) mass is 424 g/mol. The smallest absolute Gasteiger partial charge is 0.226 e. The molecule has 1 aromatic heterocycles. The Bertz CT molecular complexity index is 1250. The molecule has 0 fully saturated rings. The van der Waals surface area contributed by atoms with Gasteiger partial charge in [0.15, 0.2) is 11.5 Å². The summed E-state index contributed by atoms with van der Waals surface area (Å²) in [5.41, 5.74) is 5.49. The fourth-order valence-corrected chi connectivity index (χ4v) is 3.96. The number of methoxy groups -OCH3 is 1. The Morgan fingerprint density at radius 1 is 0.906 bits per heavy atom. The first-order chi connectivity index (χ1) is 15.8. The standard InChI is InChI=1S/C26H24N4O2/c1-3-32-24-14-13-21(15-25(24)31-2)23-16-22(29-26-27-17-28-30(23)26)20-11-9-19(10-12-20)18-7-5-4-6-8-18/h4-17,23H,3H2,1-2H3,(H,27,28,29). The molecule has 0 saturated carbocycles. The number of nitrogens with one attached hydrogen (secondary N) is 1. The van der Waals surface area contributed by atoms with Gasteiger partial charge in [0.25, 0.3) is 0 Å². The molecule has 0 amide bonds. The summed E-state index contributed by atoms with van der Waals surface area (Å²) in [6, 6.07) is 24.8. The van der Waals surface area contributed by atoms with Crippen molar-refractivity contribution in [3.8, 4) is 22.6 Å². The molecular weight excluding hydrogens is 400 g/mol. The van der Waals surface area contributed by atoms with Crippen LogP contribution in [0.5, 0.6) is 11.5 Å². The SMILES string of the molecule is CCOc1ccc(C2C=C(c3ccc(-c4ccccc4)cc3)Nc3ncnn32)cc1OC. The van der Waals surface area contributed by atoms with Gasteiger partial charge in [-0.3, -0.25) is 0 Å². The number of allylic oxidation sites excluding steroid dienone is 1. The van der Waals surface area contributed by atoms with Crippen LogP contribution in [0.4, 0.5) is 5.95 Å². The maximum Gasteiger partial charge on any atom is 0.226 e. The lowest BCUT2D eigenvalue weighted by Gasteiger charge is -2.25. The number of ether oxygens (including phenoxy) is 2. The van der Waals surface area contributed by atoms with Crippen molar-refractivity contribution in [2.45, 2.75) is 13.0 Å². The first-order valence-electron chi connectivity index (χ1n) is 10.6. The lowest BCUT2D eigenvalue weighted by molar-refractivity contribution is 0.310. The molecule has 0 radical (unpaired) electrons. The summed E-state index contributed by atoms with van der Waals surface area (Å²) >= 11 is 0. The fraction of sp³-hybridized carbons (Fsp3) is 0.154. The summed E-state index contributed by atoms with van der Waals surface area (Å²) in [6.07, 6.45) is 3.73. The van der Waals surface area contributed by atoms with Crippen molar-refractivity contribution in [3.05, 3.63) is 96.3 Å². The van der Waals surface area contributed by atoms with Crippen LogP contribution in [0.2, 0.25) is 0 Å². The highest BCUT2D eigenvalue weighted by molar-refractivity contribution is 5.78. The van der Waals surface area contributed by atoms with Crippen molar-refractivity contribution in [2.75, 3.05) is 19.0 Å². The Kier molecular flexibility index (Phi) is 5.34. The van der Waals surface area contributed by atoms with Gasteiger partial charge in [-0.15, -0.1) is 0 Å². The lowest BCUT2D eigenvalue weighted by atomic mass is 9.99. The number of anilines is 1. The van der Waals surface area contributed by atoms with Crippen LogP contribution in [0.1, 0.15) is 24.1 Å². The van der Waals surface area contributed by atoms with Gasteiger partial charge in [0.1, 0.15) is 12.4 Å². The van der Waals surface area contributed by atoms with E-state index in [0.29, 0.717) is 18.3 Å². The molecule has 1 aliphatic heterocycles. The minimum absolute atomic E-state index is 0.123. The first-order valence-corrected chi connectivity index (χ1v) is 10.6. The van der Waals surface area contributed by atoms with Crippen LogP contribution < -0.4 is 14.8 Å². The molecule has 1 aliphatic rings. The molecular formula is C26H24N4O2. The molecule has 6 nitrogen and oxygen atoms in total. The number of aromatic nitrogens is 3. The van der Waals surface area contributed by atoms with Crippen LogP contribution in [0.3, 0.4) is 0 Å². The van der Waals surface area contributed by atoms with Gasteiger partial charge in [-0.1, -0.05) is 60.7 Å². The van der Waals surface area contributed by atoms with E-state index in [1.165, 1.54) is 11.1 Å². The molecule has 0 aliphatic carbocycles. The van der Waals surface area contributed by atoms with Crippen molar-refractivity contribution in [1.82, 2.24) is 14.8 Å². The first kappa shape index (κ1) is 19.9. The summed E-state index contributed by atoms with van der Waals surface area (Å²) in [7, 11) is 1.65. The number of nitrogens with zero attached hydrogens (tertiary/aromatic N) is 3. The zero-order valence-electron chi connectivity index (χ0n) is 18.0. The average Bonchev–Trinajstić information content (AvgIpc) is 3.33. The molecule has 0 saturated heterocycles. The van der Waals surface area contributed by atoms with Gasteiger partial charge in [-0.2, -0.15) is 10.1 Å².